The normalized spacial score (nSPS) is 11.7. The monoisotopic (exact) mass is 298 g/mol. The van der Waals surface area contributed by atoms with Crippen molar-refractivity contribution in [3.63, 3.8) is 0 Å². The second-order valence-electron chi connectivity index (χ2n) is 5.23. The van der Waals surface area contributed by atoms with E-state index in [1.807, 2.05) is 61.5 Å². The van der Waals surface area contributed by atoms with Gasteiger partial charge in [0.1, 0.15) is 0 Å². The summed E-state index contributed by atoms with van der Waals surface area (Å²) in [7, 11) is 0. The molecule has 0 heterocycles. The minimum absolute atomic E-state index is 0.0254. The Labute approximate surface area is 131 Å². The Balaban J connectivity index is 1.93. The van der Waals surface area contributed by atoms with E-state index in [0.29, 0.717) is 13.0 Å². The highest BCUT2D eigenvalue weighted by Gasteiger charge is 2.13. The van der Waals surface area contributed by atoms with Crippen molar-refractivity contribution in [3.8, 4) is 0 Å². The molecular formula is C18H22N2O2. The molecule has 0 spiro atoms. The van der Waals surface area contributed by atoms with Gasteiger partial charge < -0.3 is 15.7 Å². The van der Waals surface area contributed by atoms with E-state index >= 15 is 0 Å². The van der Waals surface area contributed by atoms with E-state index < -0.39 is 0 Å². The molecule has 2 amide bonds. The maximum absolute atomic E-state index is 12.1. The fourth-order valence-electron chi connectivity index (χ4n) is 2.33. The average molecular weight is 298 g/mol. The summed E-state index contributed by atoms with van der Waals surface area (Å²) in [6.07, 6.45) is 0.488. The van der Waals surface area contributed by atoms with Crippen LogP contribution in [0, 0.1) is 6.92 Å². The van der Waals surface area contributed by atoms with Crippen LogP contribution in [0.3, 0.4) is 0 Å². The maximum Gasteiger partial charge on any atom is 0.315 e. The summed E-state index contributed by atoms with van der Waals surface area (Å²) >= 11 is 0. The van der Waals surface area contributed by atoms with Crippen molar-refractivity contribution in [2.24, 2.45) is 0 Å². The standard InChI is InChI=1S/C18H22N2O2/c1-14-7-5-6-10-16(14)13-19-18(22)20-17(11-12-21)15-8-3-2-4-9-15/h2-10,17,21H,11-13H2,1H3,(H2,19,20,22)/t17-/m1/s1. The van der Waals surface area contributed by atoms with E-state index in [-0.39, 0.29) is 18.7 Å². The van der Waals surface area contributed by atoms with Gasteiger partial charge in [-0.3, -0.25) is 0 Å². The lowest BCUT2D eigenvalue weighted by molar-refractivity contribution is 0.229. The SMILES string of the molecule is Cc1ccccc1CNC(=O)N[C@H](CCO)c1ccccc1. The molecule has 22 heavy (non-hydrogen) atoms. The fraction of sp³-hybridized carbons (Fsp3) is 0.278. The van der Waals surface area contributed by atoms with Crippen molar-refractivity contribution in [3.05, 3.63) is 71.3 Å². The van der Waals surface area contributed by atoms with Gasteiger partial charge in [0.15, 0.2) is 0 Å². The first kappa shape index (κ1) is 16.0. The Kier molecular flexibility index (Phi) is 5.98. The van der Waals surface area contributed by atoms with Gasteiger partial charge in [0.25, 0.3) is 0 Å². The number of aliphatic hydroxyl groups excluding tert-OH is 1. The molecule has 2 rings (SSSR count). The molecule has 0 aliphatic rings. The summed E-state index contributed by atoms with van der Waals surface area (Å²) in [5.41, 5.74) is 3.23. The van der Waals surface area contributed by atoms with Crippen LogP contribution in [0.1, 0.15) is 29.2 Å². The number of aliphatic hydroxyl groups is 1. The van der Waals surface area contributed by atoms with Crippen LogP contribution >= 0.6 is 0 Å². The zero-order valence-electron chi connectivity index (χ0n) is 12.8. The Morgan fingerprint density at radius 3 is 2.45 bits per heavy atom. The van der Waals surface area contributed by atoms with Crippen molar-refractivity contribution < 1.29 is 9.90 Å². The third-order valence-electron chi connectivity index (χ3n) is 3.63. The molecule has 0 radical (unpaired) electrons. The number of nitrogens with one attached hydrogen (secondary N) is 2. The van der Waals surface area contributed by atoms with Gasteiger partial charge in [0, 0.05) is 13.2 Å². The highest BCUT2D eigenvalue weighted by atomic mass is 16.3. The number of benzene rings is 2. The van der Waals surface area contributed by atoms with Crippen LogP contribution in [-0.2, 0) is 6.54 Å². The lowest BCUT2D eigenvalue weighted by Gasteiger charge is -2.19. The first-order valence-corrected chi connectivity index (χ1v) is 7.45. The predicted molar refractivity (Wildman–Crippen MR) is 87.4 cm³/mol. The third-order valence-corrected chi connectivity index (χ3v) is 3.63. The highest BCUT2D eigenvalue weighted by Crippen LogP contribution is 2.15. The molecule has 0 aliphatic heterocycles. The Hall–Kier alpha value is -2.33. The van der Waals surface area contributed by atoms with E-state index in [2.05, 4.69) is 10.6 Å². The topological polar surface area (TPSA) is 61.4 Å². The van der Waals surface area contributed by atoms with Crippen LogP contribution in [0.15, 0.2) is 54.6 Å². The van der Waals surface area contributed by atoms with Gasteiger partial charge >= 0.3 is 6.03 Å². The number of carbonyl (C=O) groups is 1. The number of hydrogen-bond donors (Lipinski definition) is 3. The summed E-state index contributed by atoms with van der Waals surface area (Å²) in [5.74, 6) is 0. The molecule has 0 unspecified atom stereocenters. The Morgan fingerprint density at radius 1 is 1.09 bits per heavy atom. The van der Waals surface area contributed by atoms with E-state index in [9.17, 15) is 9.90 Å². The molecule has 2 aromatic carbocycles. The zero-order valence-corrected chi connectivity index (χ0v) is 12.8. The molecule has 0 aromatic heterocycles. The average Bonchev–Trinajstić information content (AvgIpc) is 2.54. The molecule has 2 aromatic rings. The molecule has 0 aliphatic carbocycles. The number of hydrogen-bond acceptors (Lipinski definition) is 2. The molecular weight excluding hydrogens is 276 g/mol. The van der Waals surface area contributed by atoms with Crippen LogP contribution in [0.2, 0.25) is 0 Å². The molecule has 3 N–H and O–H groups in total. The van der Waals surface area contributed by atoms with Crippen LogP contribution in [0.25, 0.3) is 0 Å². The van der Waals surface area contributed by atoms with Gasteiger partial charge in [-0.1, -0.05) is 54.6 Å². The van der Waals surface area contributed by atoms with E-state index in [4.69, 9.17) is 0 Å². The lowest BCUT2D eigenvalue weighted by atomic mass is 10.0. The van der Waals surface area contributed by atoms with Crippen LogP contribution in [-0.4, -0.2) is 17.7 Å². The van der Waals surface area contributed by atoms with Gasteiger partial charge in [-0.05, 0) is 30.0 Å². The number of aryl methyl sites for hydroxylation is 1. The number of rotatable bonds is 6. The van der Waals surface area contributed by atoms with E-state index in [0.717, 1.165) is 16.7 Å². The molecule has 4 heteroatoms. The van der Waals surface area contributed by atoms with Gasteiger partial charge in [-0.2, -0.15) is 0 Å². The molecule has 1 atom stereocenters. The highest BCUT2D eigenvalue weighted by molar-refractivity contribution is 5.74. The number of amides is 2. The third kappa shape index (κ3) is 4.60. The molecule has 0 fully saturated rings. The van der Waals surface area contributed by atoms with Crippen molar-refractivity contribution in [2.45, 2.75) is 25.9 Å². The van der Waals surface area contributed by atoms with Crippen molar-refractivity contribution in [1.29, 1.82) is 0 Å². The first-order valence-electron chi connectivity index (χ1n) is 7.45. The van der Waals surface area contributed by atoms with Crippen molar-refractivity contribution in [2.75, 3.05) is 6.61 Å². The molecule has 4 nitrogen and oxygen atoms in total. The molecule has 0 saturated carbocycles. The zero-order chi connectivity index (χ0) is 15.8. The maximum atomic E-state index is 12.1. The van der Waals surface area contributed by atoms with Crippen molar-refractivity contribution >= 4 is 6.03 Å². The largest absolute Gasteiger partial charge is 0.396 e. The molecule has 116 valence electrons. The first-order chi connectivity index (χ1) is 10.7. The second-order valence-corrected chi connectivity index (χ2v) is 5.23. The summed E-state index contributed by atoms with van der Waals surface area (Å²) in [6, 6.07) is 17.2. The smallest absolute Gasteiger partial charge is 0.315 e. The predicted octanol–water partition coefficient (Wildman–Crippen LogP) is 2.92. The van der Waals surface area contributed by atoms with Crippen molar-refractivity contribution in [1.82, 2.24) is 10.6 Å². The minimum Gasteiger partial charge on any atom is -0.396 e. The Bertz CT molecular complexity index is 599. The lowest BCUT2D eigenvalue weighted by Crippen LogP contribution is -2.38. The summed E-state index contributed by atoms with van der Waals surface area (Å²) in [4.78, 5) is 12.1. The molecule has 0 bridgehead atoms. The second kappa shape index (κ2) is 8.20. The number of carbonyl (C=O) groups excluding carboxylic acids is 1. The molecule has 0 saturated heterocycles. The fourth-order valence-corrected chi connectivity index (χ4v) is 2.33. The van der Waals surface area contributed by atoms with Gasteiger partial charge in [-0.25, -0.2) is 4.79 Å². The minimum atomic E-state index is -0.231. The van der Waals surface area contributed by atoms with Crippen LogP contribution < -0.4 is 10.6 Å². The summed E-state index contributed by atoms with van der Waals surface area (Å²) in [6.45, 7) is 2.53. The van der Waals surface area contributed by atoms with Crippen LogP contribution in [0.5, 0.6) is 0 Å². The van der Waals surface area contributed by atoms with Gasteiger partial charge in [-0.15, -0.1) is 0 Å². The Morgan fingerprint density at radius 2 is 1.77 bits per heavy atom. The van der Waals surface area contributed by atoms with Gasteiger partial charge in [0.2, 0.25) is 0 Å². The quantitative estimate of drug-likeness (QED) is 0.768. The number of urea groups is 1. The van der Waals surface area contributed by atoms with Gasteiger partial charge in [0.05, 0.1) is 6.04 Å². The summed E-state index contributed by atoms with van der Waals surface area (Å²) < 4.78 is 0. The van der Waals surface area contributed by atoms with Crippen LogP contribution in [0.4, 0.5) is 4.79 Å². The van der Waals surface area contributed by atoms with E-state index in [1.165, 1.54) is 0 Å². The van der Waals surface area contributed by atoms with E-state index in [1.54, 1.807) is 0 Å². The summed E-state index contributed by atoms with van der Waals surface area (Å²) in [5, 5.41) is 15.0.